The number of ether oxygens (including phenoxy) is 1. The van der Waals surface area contributed by atoms with Crippen molar-refractivity contribution in [2.75, 3.05) is 0 Å². The van der Waals surface area contributed by atoms with E-state index in [1.54, 1.807) is 6.07 Å². The minimum absolute atomic E-state index is 0.318. The molecule has 100 valence electrons. The standard InChI is InChI=1S/C16H16BrFO/c1-11-6-12(2)8-13(7-11)10-19-16-14(9-17)4-3-5-15(16)18/h3-8H,9-10H2,1-2H3. The van der Waals surface area contributed by atoms with Crippen molar-refractivity contribution in [2.45, 2.75) is 25.8 Å². The molecule has 2 aromatic carbocycles. The smallest absolute Gasteiger partial charge is 0.165 e. The summed E-state index contributed by atoms with van der Waals surface area (Å²) in [5.74, 6) is 0.0138. The molecule has 0 heterocycles. The third kappa shape index (κ3) is 3.57. The molecule has 0 aliphatic carbocycles. The van der Waals surface area contributed by atoms with Crippen LogP contribution in [0.1, 0.15) is 22.3 Å². The lowest BCUT2D eigenvalue weighted by molar-refractivity contribution is 0.288. The second kappa shape index (κ2) is 6.20. The van der Waals surface area contributed by atoms with Crippen LogP contribution in [0.25, 0.3) is 0 Å². The van der Waals surface area contributed by atoms with Crippen molar-refractivity contribution in [3.63, 3.8) is 0 Å². The summed E-state index contributed by atoms with van der Waals surface area (Å²) in [5, 5.41) is 0.576. The van der Waals surface area contributed by atoms with Crippen molar-refractivity contribution in [1.29, 1.82) is 0 Å². The van der Waals surface area contributed by atoms with Gasteiger partial charge in [-0.2, -0.15) is 0 Å². The van der Waals surface area contributed by atoms with E-state index in [0.717, 1.165) is 11.1 Å². The predicted molar refractivity (Wildman–Crippen MR) is 79.3 cm³/mol. The molecule has 0 amide bonds. The van der Waals surface area contributed by atoms with Gasteiger partial charge in [0, 0.05) is 10.9 Å². The number of halogens is 2. The van der Waals surface area contributed by atoms with E-state index in [2.05, 4.69) is 34.1 Å². The van der Waals surface area contributed by atoms with Gasteiger partial charge in [0.25, 0.3) is 0 Å². The Morgan fingerprint density at radius 1 is 1.11 bits per heavy atom. The summed E-state index contributed by atoms with van der Waals surface area (Å²) < 4.78 is 19.4. The highest BCUT2D eigenvalue weighted by Gasteiger charge is 2.09. The summed E-state index contributed by atoms with van der Waals surface area (Å²) in [6, 6.07) is 11.2. The molecule has 0 unspecified atom stereocenters. The van der Waals surface area contributed by atoms with Crippen molar-refractivity contribution in [1.82, 2.24) is 0 Å². The molecule has 0 saturated heterocycles. The van der Waals surface area contributed by atoms with E-state index in [4.69, 9.17) is 4.74 Å². The molecule has 2 aromatic rings. The van der Waals surface area contributed by atoms with Crippen LogP contribution in [-0.4, -0.2) is 0 Å². The predicted octanol–water partition coefficient (Wildman–Crippen LogP) is 4.92. The molecule has 0 aliphatic rings. The second-order valence-corrected chi connectivity index (χ2v) is 5.21. The Balaban J connectivity index is 2.18. The molecule has 0 saturated carbocycles. The fraction of sp³-hybridized carbons (Fsp3) is 0.250. The Morgan fingerprint density at radius 2 is 1.79 bits per heavy atom. The number of aryl methyl sites for hydroxylation is 2. The third-order valence-corrected chi connectivity index (χ3v) is 3.46. The Labute approximate surface area is 121 Å². The zero-order chi connectivity index (χ0) is 13.8. The molecule has 0 fully saturated rings. The van der Waals surface area contributed by atoms with Crippen LogP contribution in [0.5, 0.6) is 5.75 Å². The quantitative estimate of drug-likeness (QED) is 0.726. The SMILES string of the molecule is Cc1cc(C)cc(COc2c(F)cccc2CBr)c1. The number of rotatable bonds is 4. The van der Waals surface area contributed by atoms with Gasteiger partial charge in [-0.05, 0) is 25.5 Å². The Morgan fingerprint density at radius 3 is 2.42 bits per heavy atom. The lowest BCUT2D eigenvalue weighted by Gasteiger charge is -2.12. The molecular formula is C16H16BrFO. The van der Waals surface area contributed by atoms with Crippen molar-refractivity contribution < 1.29 is 9.13 Å². The average Bonchev–Trinajstić information content (AvgIpc) is 2.36. The molecule has 2 rings (SSSR count). The van der Waals surface area contributed by atoms with Gasteiger partial charge >= 0.3 is 0 Å². The van der Waals surface area contributed by atoms with Gasteiger partial charge in [0.15, 0.2) is 11.6 Å². The first-order chi connectivity index (χ1) is 9.10. The number of hydrogen-bond donors (Lipinski definition) is 0. The number of benzene rings is 2. The Hall–Kier alpha value is -1.35. The van der Waals surface area contributed by atoms with Crippen LogP contribution < -0.4 is 4.74 Å². The zero-order valence-electron chi connectivity index (χ0n) is 11.0. The van der Waals surface area contributed by atoms with Crippen LogP contribution in [0.2, 0.25) is 0 Å². The van der Waals surface area contributed by atoms with Crippen LogP contribution in [-0.2, 0) is 11.9 Å². The fourth-order valence-electron chi connectivity index (χ4n) is 2.13. The first-order valence-electron chi connectivity index (χ1n) is 6.13. The first-order valence-corrected chi connectivity index (χ1v) is 7.25. The summed E-state index contributed by atoms with van der Waals surface area (Å²) in [7, 11) is 0. The van der Waals surface area contributed by atoms with Gasteiger partial charge in [-0.25, -0.2) is 4.39 Å². The minimum atomic E-state index is -0.318. The maximum absolute atomic E-state index is 13.8. The molecule has 0 radical (unpaired) electrons. The average molecular weight is 323 g/mol. The molecule has 19 heavy (non-hydrogen) atoms. The van der Waals surface area contributed by atoms with Crippen LogP contribution >= 0.6 is 15.9 Å². The van der Waals surface area contributed by atoms with E-state index in [1.807, 2.05) is 19.9 Å². The monoisotopic (exact) mass is 322 g/mol. The topological polar surface area (TPSA) is 9.23 Å². The summed E-state index contributed by atoms with van der Waals surface area (Å²) in [4.78, 5) is 0. The summed E-state index contributed by atoms with van der Waals surface area (Å²) >= 11 is 3.35. The van der Waals surface area contributed by atoms with Gasteiger partial charge in [0.2, 0.25) is 0 Å². The van der Waals surface area contributed by atoms with Gasteiger partial charge in [-0.3, -0.25) is 0 Å². The minimum Gasteiger partial charge on any atom is -0.486 e. The molecule has 1 nitrogen and oxygen atoms in total. The second-order valence-electron chi connectivity index (χ2n) is 4.65. The molecular weight excluding hydrogens is 307 g/mol. The molecule has 0 spiro atoms. The summed E-state index contributed by atoms with van der Waals surface area (Å²) in [6.45, 7) is 4.47. The van der Waals surface area contributed by atoms with Crippen molar-refractivity contribution in [2.24, 2.45) is 0 Å². The fourth-order valence-corrected chi connectivity index (χ4v) is 2.57. The van der Waals surface area contributed by atoms with E-state index in [-0.39, 0.29) is 5.82 Å². The summed E-state index contributed by atoms with van der Waals surface area (Å²) in [6.07, 6.45) is 0. The van der Waals surface area contributed by atoms with Gasteiger partial charge in [-0.1, -0.05) is 57.4 Å². The lowest BCUT2D eigenvalue weighted by atomic mass is 10.1. The molecule has 0 aliphatic heterocycles. The van der Waals surface area contributed by atoms with E-state index in [0.29, 0.717) is 17.7 Å². The van der Waals surface area contributed by atoms with Crippen LogP contribution in [0.15, 0.2) is 36.4 Å². The highest BCUT2D eigenvalue weighted by molar-refractivity contribution is 9.08. The number of alkyl halides is 1. The number of para-hydroxylation sites is 1. The zero-order valence-corrected chi connectivity index (χ0v) is 12.6. The van der Waals surface area contributed by atoms with Gasteiger partial charge in [0.05, 0.1) is 0 Å². The van der Waals surface area contributed by atoms with E-state index < -0.39 is 0 Å². The first kappa shape index (κ1) is 14.1. The maximum atomic E-state index is 13.8. The van der Waals surface area contributed by atoms with E-state index in [1.165, 1.54) is 17.2 Å². The highest BCUT2D eigenvalue weighted by Crippen LogP contribution is 2.25. The number of hydrogen-bond acceptors (Lipinski definition) is 1. The molecule has 0 atom stereocenters. The lowest BCUT2D eigenvalue weighted by Crippen LogP contribution is -2.01. The van der Waals surface area contributed by atoms with Crippen molar-refractivity contribution in [3.05, 3.63) is 64.5 Å². The highest BCUT2D eigenvalue weighted by atomic mass is 79.9. The van der Waals surface area contributed by atoms with Crippen LogP contribution in [0, 0.1) is 19.7 Å². The largest absolute Gasteiger partial charge is 0.486 e. The molecule has 0 bridgehead atoms. The van der Waals surface area contributed by atoms with Gasteiger partial charge in [0.1, 0.15) is 6.61 Å². The van der Waals surface area contributed by atoms with Crippen molar-refractivity contribution >= 4 is 15.9 Å². The third-order valence-electron chi connectivity index (χ3n) is 2.86. The summed E-state index contributed by atoms with van der Waals surface area (Å²) in [5.41, 5.74) is 4.26. The van der Waals surface area contributed by atoms with E-state index >= 15 is 0 Å². The van der Waals surface area contributed by atoms with Crippen LogP contribution in [0.3, 0.4) is 0 Å². The van der Waals surface area contributed by atoms with Gasteiger partial charge < -0.3 is 4.74 Å². The molecule has 0 N–H and O–H groups in total. The Kier molecular flexibility index (Phi) is 4.59. The van der Waals surface area contributed by atoms with Crippen molar-refractivity contribution in [3.8, 4) is 5.75 Å². The Bertz CT molecular complexity index is 561. The van der Waals surface area contributed by atoms with Gasteiger partial charge in [-0.15, -0.1) is 0 Å². The molecule has 3 heteroatoms. The normalized spacial score (nSPS) is 10.5. The molecule has 0 aromatic heterocycles. The maximum Gasteiger partial charge on any atom is 0.165 e. The van der Waals surface area contributed by atoms with E-state index in [9.17, 15) is 4.39 Å². The van der Waals surface area contributed by atoms with Crippen LogP contribution in [0.4, 0.5) is 4.39 Å².